The molecule has 0 aromatic carbocycles. The second-order valence-electron chi connectivity index (χ2n) is 5.52. The van der Waals surface area contributed by atoms with Crippen molar-refractivity contribution in [1.82, 2.24) is 9.13 Å². The fourth-order valence-corrected chi connectivity index (χ4v) is 2.11. The van der Waals surface area contributed by atoms with Gasteiger partial charge in [-0.25, -0.2) is 4.79 Å². The van der Waals surface area contributed by atoms with E-state index in [1.807, 2.05) is 6.92 Å². The Morgan fingerprint density at radius 2 is 1.95 bits per heavy atom. The van der Waals surface area contributed by atoms with Crippen molar-refractivity contribution in [3.8, 4) is 0 Å². The van der Waals surface area contributed by atoms with Gasteiger partial charge in [0.15, 0.2) is 0 Å². The maximum Gasteiger partial charge on any atom is 0.332 e. The Morgan fingerprint density at radius 3 is 2.50 bits per heavy atom. The molecule has 0 aliphatic carbocycles. The number of hydrogen-bond donors (Lipinski definition) is 2. The SMILES string of the molecule is CCCn1c(N)c(NCCCC(C)C)c(=O)n(C)c1=O. The van der Waals surface area contributed by atoms with Gasteiger partial charge in [-0.3, -0.25) is 13.9 Å². The molecule has 0 saturated carbocycles. The average molecular weight is 282 g/mol. The average Bonchev–Trinajstić information content (AvgIpc) is 2.40. The Hall–Kier alpha value is -1.72. The van der Waals surface area contributed by atoms with Crippen LogP contribution in [-0.2, 0) is 13.6 Å². The van der Waals surface area contributed by atoms with Crippen molar-refractivity contribution < 1.29 is 0 Å². The summed E-state index contributed by atoms with van der Waals surface area (Å²) in [6.45, 7) is 7.48. The zero-order chi connectivity index (χ0) is 15.3. The fraction of sp³-hybridized carbons (Fsp3) is 0.714. The predicted molar refractivity (Wildman–Crippen MR) is 83.2 cm³/mol. The van der Waals surface area contributed by atoms with Gasteiger partial charge in [-0.15, -0.1) is 0 Å². The molecule has 114 valence electrons. The summed E-state index contributed by atoms with van der Waals surface area (Å²) in [7, 11) is 1.48. The molecule has 6 nitrogen and oxygen atoms in total. The number of nitrogens with zero attached hydrogens (tertiary/aromatic N) is 2. The maximum absolute atomic E-state index is 12.1. The van der Waals surface area contributed by atoms with E-state index >= 15 is 0 Å². The standard InChI is InChI=1S/C14H26N4O2/c1-5-9-18-12(15)11(13(19)17(4)14(18)20)16-8-6-7-10(2)3/h10,16H,5-9,15H2,1-4H3. The van der Waals surface area contributed by atoms with Gasteiger partial charge >= 0.3 is 5.69 Å². The Labute approximate surface area is 119 Å². The Bertz CT molecular complexity index is 558. The first-order chi connectivity index (χ1) is 9.40. The lowest BCUT2D eigenvalue weighted by molar-refractivity contribution is 0.565. The Morgan fingerprint density at radius 1 is 1.30 bits per heavy atom. The lowest BCUT2D eigenvalue weighted by Crippen LogP contribution is -2.40. The third-order valence-corrected chi connectivity index (χ3v) is 3.29. The quantitative estimate of drug-likeness (QED) is 0.740. The minimum absolute atomic E-state index is 0.240. The van der Waals surface area contributed by atoms with Crippen LogP contribution in [0.2, 0.25) is 0 Å². The summed E-state index contributed by atoms with van der Waals surface area (Å²) >= 11 is 0. The van der Waals surface area contributed by atoms with Crippen LogP contribution in [0.3, 0.4) is 0 Å². The van der Waals surface area contributed by atoms with Gasteiger partial charge in [0.2, 0.25) is 0 Å². The van der Waals surface area contributed by atoms with E-state index in [9.17, 15) is 9.59 Å². The molecule has 0 spiro atoms. The molecular weight excluding hydrogens is 256 g/mol. The van der Waals surface area contributed by atoms with Crippen LogP contribution in [0.1, 0.15) is 40.0 Å². The summed E-state index contributed by atoms with van der Waals surface area (Å²) in [4.78, 5) is 24.1. The van der Waals surface area contributed by atoms with Crippen LogP contribution in [0.15, 0.2) is 9.59 Å². The summed E-state index contributed by atoms with van der Waals surface area (Å²) in [5.74, 6) is 0.871. The molecule has 0 unspecified atom stereocenters. The second kappa shape index (κ2) is 7.17. The number of rotatable bonds is 7. The van der Waals surface area contributed by atoms with E-state index in [2.05, 4.69) is 19.2 Å². The van der Waals surface area contributed by atoms with Crippen molar-refractivity contribution in [2.75, 3.05) is 17.6 Å². The highest BCUT2D eigenvalue weighted by Gasteiger charge is 2.14. The van der Waals surface area contributed by atoms with Crippen LogP contribution >= 0.6 is 0 Å². The summed E-state index contributed by atoms with van der Waals surface area (Å²) in [5, 5.41) is 3.09. The van der Waals surface area contributed by atoms with Crippen molar-refractivity contribution in [3.05, 3.63) is 20.8 Å². The van der Waals surface area contributed by atoms with Crippen LogP contribution in [-0.4, -0.2) is 15.7 Å². The third-order valence-electron chi connectivity index (χ3n) is 3.29. The van der Waals surface area contributed by atoms with E-state index < -0.39 is 0 Å². The molecule has 0 fully saturated rings. The van der Waals surface area contributed by atoms with Crippen LogP contribution in [0.5, 0.6) is 0 Å². The van der Waals surface area contributed by atoms with Crippen LogP contribution in [0.25, 0.3) is 0 Å². The minimum atomic E-state index is -0.359. The molecule has 3 N–H and O–H groups in total. The van der Waals surface area contributed by atoms with Gasteiger partial charge in [0.05, 0.1) is 0 Å². The van der Waals surface area contributed by atoms with Gasteiger partial charge < -0.3 is 11.1 Å². The van der Waals surface area contributed by atoms with Crippen molar-refractivity contribution >= 4 is 11.5 Å². The monoisotopic (exact) mass is 282 g/mol. The van der Waals surface area contributed by atoms with E-state index in [1.54, 1.807) is 0 Å². The molecule has 0 aliphatic heterocycles. The summed E-state index contributed by atoms with van der Waals surface area (Å²) < 4.78 is 2.56. The number of anilines is 2. The summed E-state index contributed by atoms with van der Waals surface area (Å²) in [5.41, 5.74) is 5.59. The summed E-state index contributed by atoms with van der Waals surface area (Å²) in [6.07, 6.45) is 2.84. The molecule has 6 heteroatoms. The number of nitrogens with two attached hydrogens (primary N) is 1. The van der Waals surface area contributed by atoms with E-state index in [4.69, 9.17) is 5.73 Å². The first-order valence-electron chi connectivity index (χ1n) is 7.23. The van der Waals surface area contributed by atoms with Crippen molar-refractivity contribution in [2.45, 2.75) is 46.6 Å². The molecule has 0 radical (unpaired) electrons. The molecular formula is C14H26N4O2. The minimum Gasteiger partial charge on any atom is -0.383 e. The molecule has 1 aromatic heterocycles. The molecule has 0 atom stereocenters. The predicted octanol–water partition coefficient (Wildman–Crippen LogP) is 1.39. The molecule has 0 amide bonds. The molecule has 20 heavy (non-hydrogen) atoms. The highest BCUT2D eigenvalue weighted by molar-refractivity contribution is 5.60. The molecule has 1 heterocycles. The highest BCUT2D eigenvalue weighted by atomic mass is 16.2. The fourth-order valence-electron chi connectivity index (χ4n) is 2.11. The topological polar surface area (TPSA) is 82.0 Å². The smallest absolute Gasteiger partial charge is 0.332 e. The highest BCUT2D eigenvalue weighted by Crippen LogP contribution is 2.12. The van der Waals surface area contributed by atoms with Gasteiger partial charge in [0, 0.05) is 20.1 Å². The van der Waals surface area contributed by atoms with Gasteiger partial charge in [-0.1, -0.05) is 20.8 Å². The normalized spacial score (nSPS) is 11.1. The molecule has 0 saturated heterocycles. The Kier molecular flexibility index (Phi) is 5.85. The number of aromatic nitrogens is 2. The van der Waals surface area contributed by atoms with Gasteiger partial charge in [0.1, 0.15) is 11.5 Å². The maximum atomic E-state index is 12.1. The third kappa shape index (κ3) is 3.65. The number of nitrogen functional groups attached to an aromatic ring is 1. The van der Waals surface area contributed by atoms with Crippen molar-refractivity contribution in [2.24, 2.45) is 13.0 Å². The van der Waals surface area contributed by atoms with E-state index in [0.717, 1.165) is 23.8 Å². The van der Waals surface area contributed by atoms with E-state index in [0.29, 0.717) is 24.7 Å². The van der Waals surface area contributed by atoms with Gasteiger partial charge in [-0.05, 0) is 25.2 Å². The number of nitrogens with one attached hydrogen (secondary N) is 1. The van der Waals surface area contributed by atoms with E-state index in [-0.39, 0.29) is 17.1 Å². The Balaban J connectivity index is 3.01. The molecule has 1 aromatic rings. The first-order valence-corrected chi connectivity index (χ1v) is 7.23. The van der Waals surface area contributed by atoms with Crippen LogP contribution < -0.4 is 22.3 Å². The largest absolute Gasteiger partial charge is 0.383 e. The van der Waals surface area contributed by atoms with Gasteiger partial charge in [0.25, 0.3) is 5.56 Å². The lowest BCUT2D eigenvalue weighted by Gasteiger charge is -2.15. The van der Waals surface area contributed by atoms with Crippen LogP contribution in [0, 0.1) is 5.92 Å². The number of hydrogen-bond acceptors (Lipinski definition) is 4. The summed E-state index contributed by atoms with van der Waals surface area (Å²) in [6, 6.07) is 0. The van der Waals surface area contributed by atoms with Crippen molar-refractivity contribution in [3.63, 3.8) is 0 Å². The lowest BCUT2D eigenvalue weighted by atomic mass is 10.1. The molecule has 0 bridgehead atoms. The molecule has 1 rings (SSSR count). The van der Waals surface area contributed by atoms with Crippen LogP contribution in [0.4, 0.5) is 11.5 Å². The van der Waals surface area contributed by atoms with E-state index in [1.165, 1.54) is 11.6 Å². The zero-order valence-electron chi connectivity index (χ0n) is 12.9. The molecule has 0 aliphatic rings. The first kappa shape index (κ1) is 16.3. The van der Waals surface area contributed by atoms with Crippen molar-refractivity contribution in [1.29, 1.82) is 0 Å². The van der Waals surface area contributed by atoms with Gasteiger partial charge in [-0.2, -0.15) is 0 Å². The zero-order valence-corrected chi connectivity index (χ0v) is 12.9. The second-order valence-corrected chi connectivity index (χ2v) is 5.52.